The van der Waals surface area contributed by atoms with Gasteiger partial charge in [0.25, 0.3) is 5.56 Å². The van der Waals surface area contributed by atoms with Gasteiger partial charge in [0, 0.05) is 24.8 Å². The molecular weight excluding hydrogens is 268 g/mol. The van der Waals surface area contributed by atoms with Gasteiger partial charge in [-0.25, -0.2) is 4.98 Å². The molecule has 2 heterocycles. The van der Waals surface area contributed by atoms with Gasteiger partial charge in [0.1, 0.15) is 11.5 Å². The normalized spacial score (nSPS) is 11.4. The molecule has 6 nitrogen and oxygen atoms in total. The minimum absolute atomic E-state index is 0.111. The summed E-state index contributed by atoms with van der Waals surface area (Å²) in [6.07, 6.45) is 1.67. The molecule has 21 heavy (non-hydrogen) atoms. The van der Waals surface area contributed by atoms with Crippen molar-refractivity contribution >= 4 is 17.4 Å². The summed E-state index contributed by atoms with van der Waals surface area (Å²) in [5.74, 6) is 0.371. The van der Waals surface area contributed by atoms with Gasteiger partial charge in [-0.05, 0) is 32.9 Å². The molecule has 0 unspecified atom stereocenters. The van der Waals surface area contributed by atoms with E-state index >= 15 is 0 Å². The highest BCUT2D eigenvalue weighted by Crippen LogP contribution is 2.08. The maximum atomic E-state index is 12.0. The quantitative estimate of drug-likeness (QED) is 0.916. The Balaban J connectivity index is 2.22. The molecule has 0 saturated heterocycles. The Bertz CT molecular complexity index is 715. The van der Waals surface area contributed by atoms with Crippen LogP contribution >= 0.6 is 0 Å². The Labute approximate surface area is 123 Å². The number of nitrogens with zero attached hydrogens (tertiary/aromatic N) is 3. The van der Waals surface area contributed by atoms with Crippen molar-refractivity contribution in [2.45, 2.75) is 26.3 Å². The molecule has 0 aliphatic rings. The Morgan fingerprint density at radius 2 is 2.10 bits per heavy atom. The zero-order valence-corrected chi connectivity index (χ0v) is 12.8. The first kappa shape index (κ1) is 15.0. The summed E-state index contributed by atoms with van der Waals surface area (Å²) < 4.78 is 1.46. The van der Waals surface area contributed by atoms with Crippen LogP contribution in [-0.2, 0) is 4.79 Å². The van der Waals surface area contributed by atoms with E-state index in [0.717, 1.165) is 0 Å². The predicted molar refractivity (Wildman–Crippen MR) is 82.6 cm³/mol. The lowest BCUT2D eigenvalue weighted by Crippen LogP contribution is -2.45. The molecule has 0 spiro atoms. The van der Waals surface area contributed by atoms with Crippen LogP contribution in [0.4, 0.5) is 5.82 Å². The molecule has 2 aromatic rings. The molecule has 2 aromatic heterocycles. The first-order valence-corrected chi connectivity index (χ1v) is 6.77. The molecule has 0 bridgehead atoms. The molecule has 112 valence electrons. The highest BCUT2D eigenvalue weighted by Gasteiger charge is 2.16. The van der Waals surface area contributed by atoms with E-state index in [4.69, 9.17) is 0 Å². The molecule has 1 N–H and O–H groups in total. The number of pyridine rings is 1. The topological polar surface area (TPSA) is 66.7 Å². The number of rotatable bonds is 3. The van der Waals surface area contributed by atoms with Crippen LogP contribution < -0.4 is 15.8 Å². The van der Waals surface area contributed by atoms with Crippen LogP contribution in [0.1, 0.15) is 20.8 Å². The van der Waals surface area contributed by atoms with Gasteiger partial charge in [-0.1, -0.05) is 6.07 Å². The van der Waals surface area contributed by atoms with E-state index in [1.165, 1.54) is 10.5 Å². The molecule has 0 aliphatic heterocycles. The zero-order valence-electron chi connectivity index (χ0n) is 12.8. The first-order chi connectivity index (χ1) is 9.76. The highest BCUT2D eigenvalue weighted by molar-refractivity contribution is 5.81. The van der Waals surface area contributed by atoms with Gasteiger partial charge < -0.3 is 10.2 Å². The summed E-state index contributed by atoms with van der Waals surface area (Å²) in [5.41, 5.74) is 0.107. The largest absolute Gasteiger partial charge is 0.350 e. The van der Waals surface area contributed by atoms with Crippen molar-refractivity contribution < 1.29 is 4.79 Å². The fraction of sp³-hybridized carbons (Fsp3) is 0.400. The second-order valence-electron chi connectivity index (χ2n) is 6.04. The van der Waals surface area contributed by atoms with E-state index in [9.17, 15) is 9.59 Å². The third kappa shape index (κ3) is 3.81. The minimum Gasteiger partial charge on any atom is -0.350 e. The van der Waals surface area contributed by atoms with Gasteiger partial charge in [-0.15, -0.1) is 0 Å². The van der Waals surface area contributed by atoms with E-state index in [1.807, 2.05) is 26.8 Å². The van der Waals surface area contributed by atoms with E-state index < -0.39 is 0 Å². The number of amides is 1. The predicted octanol–water partition coefficient (Wildman–Crippen LogP) is 1.05. The van der Waals surface area contributed by atoms with Crippen LogP contribution in [-0.4, -0.2) is 34.4 Å². The van der Waals surface area contributed by atoms with Gasteiger partial charge in [0.05, 0.1) is 6.54 Å². The summed E-state index contributed by atoms with van der Waals surface area (Å²) in [6, 6.07) is 6.78. The highest BCUT2D eigenvalue weighted by atomic mass is 16.2. The number of nitrogens with one attached hydrogen (secondary N) is 1. The summed E-state index contributed by atoms with van der Waals surface area (Å²) in [6.45, 7) is 5.91. The van der Waals surface area contributed by atoms with Crippen molar-refractivity contribution in [3.8, 4) is 0 Å². The van der Waals surface area contributed by atoms with Crippen molar-refractivity contribution in [3.05, 3.63) is 40.8 Å². The van der Waals surface area contributed by atoms with Gasteiger partial charge in [0.15, 0.2) is 0 Å². The number of aromatic nitrogens is 2. The van der Waals surface area contributed by atoms with Crippen molar-refractivity contribution in [3.63, 3.8) is 0 Å². The fourth-order valence-electron chi connectivity index (χ4n) is 1.99. The van der Waals surface area contributed by atoms with Gasteiger partial charge in [-0.3, -0.25) is 14.0 Å². The average molecular weight is 288 g/mol. The first-order valence-electron chi connectivity index (χ1n) is 6.77. The Kier molecular flexibility index (Phi) is 3.97. The summed E-state index contributed by atoms with van der Waals surface area (Å²) in [5, 5.41) is 2.88. The summed E-state index contributed by atoms with van der Waals surface area (Å²) in [4.78, 5) is 30.0. The lowest BCUT2D eigenvalue weighted by Gasteiger charge is -2.23. The number of fused-ring (bicyclic) bond motifs is 1. The molecule has 2 rings (SSSR count). The molecule has 0 fully saturated rings. The molecule has 0 aromatic carbocycles. The van der Waals surface area contributed by atoms with E-state index in [-0.39, 0.29) is 23.6 Å². The number of carbonyl (C=O) groups excluding carboxylic acids is 1. The van der Waals surface area contributed by atoms with Gasteiger partial charge >= 0.3 is 0 Å². The van der Waals surface area contributed by atoms with Crippen LogP contribution in [0.3, 0.4) is 0 Å². The van der Waals surface area contributed by atoms with E-state index in [1.54, 1.807) is 30.3 Å². The van der Waals surface area contributed by atoms with Crippen molar-refractivity contribution in [1.82, 2.24) is 14.7 Å². The van der Waals surface area contributed by atoms with E-state index in [2.05, 4.69) is 10.3 Å². The zero-order chi connectivity index (χ0) is 15.6. The number of carbonyl (C=O) groups is 1. The third-order valence-corrected chi connectivity index (χ3v) is 2.84. The molecule has 6 heteroatoms. The molecule has 0 saturated carbocycles. The molecule has 0 aliphatic carbocycles. The Morgan fingerprint density at radius 3 is 2.76 bits per heavy atom. The summed E-state index contributed by atoms with van der Waals surface area (Å²) in [7, 11) is 1.74. The van der Waals surface area contributed by atoms with Crippen molar-refractivity contribution in [2.75, 3.05) is 18.5 Å². The van der Waals surface area contributed by atoms with Crippen LogP contribution in [0.15, 0.2) is 35.3 Å². The minimum atomic E-state index is -0.283. The number of hydrogen-bond acceptors (Lipinski definition) is 4. The summed E-state index contributed by atoms with van der Waals surface area (Å²) >= 11 is 0. The maximum absolute atomic E-state index is 12.0. The van der Waals surface area contributed by atoms with Crippen molar-refractivity contribution in [2.24, 2.45) is 0 Å². The SMILES string of the molecule is CN(CC(=O)NC(C)(C)C)c1cc(=O)n2ccccc2n1. The Hall–Kier alpha value is -2.37. The van der Waals surface area contributed by atoms with Crippen LogP contribution in [0.5, 0.6) is 0 Å². The maximum Gasteiger partial charge on any atom is 0.259 e. The Morgan fingerprint density at radius 1 is 1.38 bits per heavy atom. The number of anilines is 1. The smallest absolute Gasteiger partial charge is 0.259 e. The molecular formula is C15H20N4O2. The molecule has 0 atom stereocenters. The van der Waals surface area contributed by atoms with Gasteiger partial charge in [0.2, 0.25) is 5.91 Å². The monoisotopic (exact) mass is 288 g/mol. The van der Waals surface area contributed by atoms with Gasteiger partial charge in [-0.2, -0.15) is 0 Å². The molecule has 0 radical (unpaired) electrons. The second kappa shape index (κ2) is 5.55. The lowest BCUT2D eigenvalue weighted by atomic mass is 10.1. The number of likely N-dealkylation sites (N-methyl/N-ethyl adjacent to an activating group) is 1. The fourth-order valence-corrected chi connectivity index (χ4v) is 1.99. The van der Waals surface area contributed by atoms with E-state index in [0.29, 0.717) is 11.5 Å². The van der Waals surface area contributed by atoms with Crippen LogP contribution in [0, 0.1) is 0 Å². The second-order valence-corrected chi connectivity index (χ2v) is 6.04. The van der Waals surface area contributed by atoms with Crippen LogP contribution in [0.25, 0.3) is 5.65 Å². The molecule has 1 amide bonds. The third-order valence-electron chi connectivity index (χ3n) is 2.84. The lowest BCUT2D eigenvalue weighted by molar-refractivity contribution is -0.121. The number of hydrogen-bond donors (Lipinski definition) is 1. The van der Waals surface area contributed by atoms with Crippen LogP contribution in [0.2, 0.25) is 0 Å². The standard InChI is InChI=1S/C15H20N4O2/c1-15(2,3)17-13(20)10-18(4)12-9-14(21)19-8-6-5-7-11(19)16-12/h5-9H,10H2,1-4H3,(H,17,20). The average Bonchev–Trinajstić information content (AvgIpc) is 2.36. The van der Waals surface area contributed by atoms with Crippen molar-refractivity contribution in [1.29, 1.82) is 0 Å².